The van der Waals surface area contributed by atoms with E-state index in [4.69, 9.17) is 11.6 Å². The molecule has 0 radical (unpaired) electrons. The van der Waals surface area contributed by atoms with Crippen molar-refractivity contribution in [1.82, 2.24) is 4.90 Å². The Morgan fingerprint density at radius 3 is 2.28 bits per heavy atom. The summed E-state index contributed by atoms with van der Waals surface area (Å²) in [6, 6.07) is 3.11. The Balaban J connectivity index is 2.16. The van der Waals surface area contributed by atoms with E-state index in [9.17, 15) is 22.8 Å². The van der Waals surface area contributed by atoms with Gasteiger partial charge in [-0.15, -0.1) is 0 Å². The van der Waals surface area contributed by atoms with Gasteiger partial charge in [-0.3, -0.25) is 9.59 Å². The van der Waals surface area contributed by atoms with Gasteiger partial charge in [0, 0.05) is 18.8 Å². The molecule has 25 heavy (non-hydrogen) atoms. The van der Waals surface area contributed by atoms with Crippen LogP contribution in [0.1, 0.15) is 38.7 Å². The first-order valence-corrected chi connectivity index (χ1v) is 8.39. The maximum absolute atomic E-state index is 12.9. The molecular formula is C17H20ClF3N2O2. The van der Waals surface area contributed by atoms with Crippen molar-refractivity contribution in [3.05, 3.63) is 28.8 Å². The lowest BCUT2D eigenvalue weighted by atomic mass is 9.89. The summed E-state index contributed by atoms with van der Waals surface area (Å²) in [5, 5.41) is 1.95. The smallest absolute Gasteiger partial charge is 0.342 e. The fourth-order valence-corrected chi connectivity index (χ4v) is 2.92. The van der Waals surface area contributed by atoms with Crippen molar-refractivity contribution in [3.8, 4) is 0 Å². The lowest BCUT2D eigenvalue weighted by molar-refractivity contribution is -0.147. The molecule has 1 N–H and O–H groups in total. The van der Waals surface area contributed by atoms with Gasteiger partial charge < -0.3 is 10.2 Å². The van der Waals surface area contributed by atoms with Crippen molar-refractivity contribution in [2.45, 2.75) is 39.3 Å². The largest absolute Gasteiger partial charge is 0.417 e. The van der Waals surface area contributed by atoms with E-state index in [1.807, 2.05) is 0 Å². The number of likely N-dealkylation sites (tertiary alicyclic amines) is 1. The van der Waals surface area contributed by atoms with Crippen LogP contribution < -0.4 is 5.32 Å². The summed E-state index contributed by atoms with van der Waals surface area (Å²) in [4.78, 5) is 26.7. The van der Waals surface area contributed by atoms with Crippen molar-refractivity contribution < 1.29 is 22.8 Å². The lowest BCUT2D eigenvalue weighted by Crippen LogP contribution is -2.49. The molecule has 2 rings (SSSR count). The molecule has 0 aliphatic carbocycles. The molecule has 0 saturated carbocycles. The zero-order chi connectivity index (χ0) is 18.8. The van der Waals surface area contributed by atoms with Gasteiger partial charge in [-0.1, -0.05) is 11.6 Å². The monoisotopic (exact) mass is 376 g/mol. The van der Waals surface area contributed by atoms with Crippen molar-refractivity contribution in [2.75, 3.05) is 18.4 Å². The van der Waals surface area contributed by atoms with E-state index in [0.717, 1.165) is 31.4 Å². The first-order valence-electron chi connectivity index (χ1n) is 8.01. The van der Waals surface area contributed by atoms with E-state index < -0.39 is 28.1 Å². The summed E-state index contributed by atoms with van der Waals surface area (Å²) in [5.41, 5.74) is -2.47. The number of amides is 2. The SMILES string of the molecule is CC(C)(C(=O)Nc1ccc(Cl)c(C(F)(F)F)c1)C(=O)N1CCCCC1. The second-order valence-corrected chi connectivity index (χ2v) is 7.03. The number of nitrogens with one attached hydrogen (secondary N) is 1. The highest BCUT2D eigenvalue weighted by molar-refractivity contribution is 6.31. The minimum absolute atomic E-state index is 0.0544. The lowest BCUT2D eigenvalue weighted by Gasteiger charge is -2.33. The van der Waals surface area contributed by atoms with E-state index in [1.165, 1.54) is 19.9 Å². The Morgan fingerprint density at radius 1 is 1.12 bits per heavy atom. The highest BCUT2D eigenvalue weighted by Gasteiger charge is 2.40. The standard InChI is InChI=1S/C17H20ClF3N2O2/c1-16(2,15(25)23-8-4-3-5-9-23)14(24)22-11-6-7-13(18)12(10-11)17(19,20)21/h6-7,10H,3-5,8-9H2,1-2H3,(H,22,24). The highest BCUT2D eigenvalue weighted by Crippen LogP contribution is 2.36. The molecule has 8 heteroatoms. The van der Waals surface area contributed by atoms with E-state index in [0.29, 0.717) is 13.1 Å². The van der Waals surface area contributed by atoms with Gasteiger partial charge in [0.15, 0.2) is 0 Å². The number of carbonyl (C=O) groups is 2. The predicted molar refractivity (Wildman–Crippen MR) is 89.3 cm³/mol. The van der Waals surface area contributed by atoms with E-state index >= 15 is 0 Å². The van der Waals surface area contributed by atoms with Gasteiger partial charge in [0.2, 0.25) is 11.8 Å². The zero-order valence-corrected chi connectivity index (χ0v) is 14.8. The minimum atomic E-state index is -4.63. The summed E-state index contributed by atoms with van der Waals surface area (Å²) in [5.74, 6) is -0.978. The van der Waals surface area contributed by atoms with Gasteiger partial charge in [-0.25, -0.2) is 0 Å². The van der Waals surface area contributed by atoms with E-state index in [-0.39, 0.29) is 11.6 Å². The van der Waals surface area contributed by atoms with Gasteiger partial charge in [0.25, 0.3) is 0 Å². The Bertz CT molecular complexity index is 668. The van der Waals surface area contributed by atoms with Crippen LogP contribution in [0.25, 0.3) is 0 Å². The van der Waals surface area contributed by atoms with Crippen LogP contribution in [0.15, 0.2) is 18.2 Å². The quantitative estimate of drug-likeness (QED) is 0.798. The number of carbonyl (C=O) groups excluding carboxylic acids is 2. The number of hydrogen-bond acceptors (Lipinski definition) is 2. The summed E-state index contributed by atoms with van der Waals surface area (Å²) < 4.78 is 38.7. The van der Waals surface area contributed by atoms with Gasteiger partial charge in [-0.05, 0) is 51.3 Å². The van der Waals surface area contributed by atoms with Crippen LogP contribution >= 0.6 is 11.6 Å². The Morgan fingerprint density at radius 2 is 1.72 bits per heavy atom. The fraction of sp³-hybridized carbons (Fsp3) is 0.529. The third-order valence-corrected chi connectivity index (χ3v) is 4.60. The molecule has 2 amide bonds. The Kier molecular flexibility index (Phi) is 5.66. The predicted octanol–water partition coefficient (Wildman–Crippen LogP) is 4.34. The highest BCUT2D eigenvalue weighted by atomic mass is 35.5. The molecule has 0 aromatic heterocycles. The maximum atomic E-state index is 12.9. The van der Waals surface area contributed by atoms with Crippen LogP contribution in [-0.2, 0) is 15.8 Å². The number of nitrogens with zero attached hydrogens (tertiary/aromatic N) is 1. The summed E-state index contributed by atoms with van der Waals surface area (Å²) in [6.07, 6.45) is -1.82. The van der Waals surface area contributed by atoms with Gasteiger partial charge >= 0.3 is 6.18 Å². The van der Waals surface area contributed by atoms with E-state index in [2.05, 4.69) is 5.32 Å². The summed E-state index contributed by atoms with van der Waals surface area (Å²) >= 11 is 5.57. The number of anilines is 1. The number of alkyl halides is 3. The maximum Gasteiger partial charge on any atom is 0.417 e. The van der Waals surface area contributed by atoms with Gasteiger partial charge in [0.1, 0.15) is 5.41 Å². The van der Waals surface area contributed by atoms with Crippen molar-refractivity contribution in [1.29, 1.82) is 0 Å². The first-order chi connectivity index (χ1) is 11.5. The number of hydrogen-bond donors (Lipinski definition) is 1. The number of benzene rings is 1. The van der Waals surface area contributed by atoms with Crippen molar-refractivity contribution in [2.24, 2.45) is 5.41 Å². The Hall–Kier alpha value is -1.76. The molecule has 1 fully saturated rings. The molecule has 1 aliphatic rings. The number of piperidine rings is 1. The molecule has 0 unspecified atom stereocenters. The molecule has 0 atom stereocenters. The second kappa shape index (κ2) is 7.23. The van der Waals surface area contributed by atoms with Crippen LogP contribution in [0, 0.1) is 5.41 Å². The fourth-order valence-electron chi connectivity index (χ4n) is 2.70. The molecule has 1 heterocycles. The first kappa shape index (κ1) is 19.6. The molecular weight excluding hydrogens is 357 g/mol. The van der Waals surface area contributed by atoms with Gasteiger partial charge in [0.05, 0.1) is 10.6 Å². The molecule has 4 nitrogen and oxygen atoms in total. The van der Waals surface area contributed by atoms with Crippen LogP contribution in [0.4, 0.5) is 18.9 Å². The molecule has 138 valence electrons. The van der Waals surface area contributed by atoms with Crippen LogP contribution in [0.3, 0.4) is 0 Å². The second-order valence-electron chi connectivity index (χ2n) is 6.62. The summed E-state index contributed by atoms with van der Waals surface area (Å²) in [7, 11) is 0. The molecule has 0 spiro atoms. The van der Waals surface area contributed by atoms with Crippen LogP contribution in [0.2, 0.25) is 5.02 Å². The molecule has 1 saturated heterocycles. The zero-order valence-electron chi connectivity index (χ0n) is 14.0. The molecule has 1 aromatic rings. The van der Waals surface area contributed by atoms with Crippen molar-refractivity contribution >= 4 is 29.1 Å². The van der Waals surface area contributed by atoms with E-state index in [1.54, 1.807) is 4.90 Å². The topological polar surface area (TPSA) is 49.4 Å². The third-order valence-electron chi connectivity index (χ3n) is 4.28. The molecule has 1 aromatic carbocycles. The Labute approximate surface area is 149 Å². The van der Waals surface area contributed by atoms with Gasteiger partial charge in [-0.2, -0.15) is 13.2 Å². The van der Waals surface area contributed by atoms with Crippen LogP contribution in [0.5, 0.6) is 0 Å². The average Bonchev–Trinajstić information content (AvgIpc) is 2.55. The molecule has 0 bridgehead atoms. The summed E-state index contributed by atoms with van der Waals surface area (Å²) in [6.45, 7) is 4.13. The number of rotatable bonds is 3. The number of halogens is 4. The normalized spacial score (nSPS) is 15.8. The molecule has 1 aliphatic heterocycles. The van der Waals surface area contributed by atoms with Crippen LogP contribution in [-0.4, -0.2) is 29.8 Å². The third kappa shape index (κ3) is 4.45. The van der Waals surface area contributed by atoms with Crippen molar-refractivity contribution in [3.63, 3.8) is 0 Å². The minimum Gasteiger partial charge on any atom is -0.342 e. The average molecular weight is 377 g/mol.